The van der Waals surface area contributed by atoms with E-state index in [4.69, 9.17) is 11.6 Å². The van der Waals surface area contributed by atoms with Crippen LogP contribution in [0.5, 0.6) is 0 Å². The highest BCUT2D eigenvalue weighted by Gasteiger charge is 2.21. The number of halogens is 1. The summed E-state index contributed by atoms with van der Waals surface area (Å²) >= 11 is 6.31. The quantitative estimate of drug-likeness (QED) is 0.842. The molecule has 1 aliphatic heterocycles. The maximum Gasteiger partial charge on any atom is 0.132 e. The van der Waals surface area contributed by atoms with E-state index in [1.54, 1.807) is 0 Å². The summed E-state index contributed by atoms with van der Waals surface area (Å²) in [6.07, 6.45) is 5.63. The second-order valence-electron chi connectivity index (χ2n) is 4.43. The van der Waals surface area contributed by atoms with E-state index in [9.17, 15) is 0 Å². The fourth-order valence-electron chi connectivity index (χ4n) is 2.07. The Morgan fingerprint density at radius 1 is 1.53 bits per heavy atom. The normalized spacial score (nSPS) is 22.3. The fraction of sp³-hybridized carbons (Fsp3) is 0.727. The van der Waals surface area contributed by atoms with Gasteiger partial charge in [0.15, 0.2) is 0 Å². The molecule has 84 valence electrons. The summed E-state index contributed by atoms with van der Waals surface area (Å²) in [4.78, 5) is 0. The van der Waals surface area contributed by atoms with E-state index in [0.717, 1.165) is 17.3 Å². The van der Waals surface area contributed by atoms with Gasteiger partial charge in [0.2, 0.25) is 0 Å². The number of rotatable bonds is 2. The fourth-order valence-corrected chi connectivity index (χ4v) is 2.49. The van der Waals surface area contributed by atoms with Crippen molar-refractivity contribution < 1.29 is 0 Å². The first kappa shape index (κ1) is 11.0. The molecule has 4 heteroatoms. The van der Waals surface area contributed by atoms with Crippen LogP contribution in [0, 0.1) is 0 Å². The Hall–Kier alpha value is -0.540. The molecule has 0 aliphatic carbocycles. The van der Waals surface area contributed by atoms with Gasteiger partial charge in [0.1, 0.15) is 5.15 Å². The van der Waals surface area contributed by atoms with Crippen LogP contribution in [0.25, 0.3) is 0 Å². The van der Waals surface area contributed by atoms with Gasteiger partial charge in [-0.05, 0) is 33.2 Å². The lowest BCUT2D eigenvalue weighted by Gasteiger charge is -2.22. The van der Waals surface area contributed by atoms with Crippen molar-refractivity contribution in [1.29, 1.82) is 0 Å². The summed E-state index contributed by atoms with van der Waals surface area (Å²) in [5, 5.41) is 8.62. The van der Waals surface area contributed by atoms with Crippen LogP contribution in [-0.4, -0.2) is 16.3 Å². The Labute approximate surface area is 95.8 Å². The minimum atomic E-state index is 0.329. The molecule has 1 unspecified atom stereocenters. The minimum absolute atomic E-state index is 0.329. The molecule has 3 nitrogen and oxygen atoms in total. The van der Waals surface area contributed by atoms with E-state index in [-0.39, 0.29) is 0 Å². The van der Waals surface area contributed by atoms with Crippen molar-refractivity contribution in [1.82, 2.24) is 15.1 Å². The second-order valence-corrected chi connectivity index (χ2v) is 4.79. The van der Waals surface area contributed by atoms with Crippen LogP contribution in [0.15, 0.2) is 6.20 Å². The molecule has 1 saturated heterocycles. The van der Waals surface area contributed by atoms with Crippen molar-refractivity contribution in [3.8, 4) is 0 Å². The lowest BCUT2D eigenvalue weighted by Crippen LogP contribution is -2.26. The van der Waals surface area contributed by atoms with E-state index >= 15 is 0 Å². The maximum atomic E-state index is 6.31. The molecule has 1 atom stereocenters. The van der Waals surface area contributed by atoms with Gasteiger partial charge in [0, 0.05) is 17.6 Å². The molecule has 0 saturated carbocycles. The zero-order valence-electron chi connectivity index (χ0n) is 9.33. The third-order valence-corrected chi connectivity index (χ3v) is 3.33. The first-order valence-electron chi connectivity index (χ1n) is 5.66. The van der Waals surface area contributed by atoms with Crippen LogP contribution in [0.4, 0.5) is 0 Å². The Kier molecular flexibility index (Phi) is 3.32. The molecule has 1 aliphatic rings. The summed E-state index contributed by atoms with van der Waals surface area (Å²) in [6, 6.07) is 0.730. The minimum Gasteiger partial charge on any atom is -0.310 e. The van der Waals surface area contributed by atoms with Crippen molar-refractivity contribution in [2.45, 2.75) is 45.2 Å². The van der Waals surface area contributed by atoms with E-state index in [0.29, 0.717) is 12.1 Å². The van der Waals surface area contributed by atoms with Crippen LogP contribution in [0.1, 0.15) is 50.8 Å². The molecule has 2 heterocycles. The molecule has 1 aromatic heterocycles. The van der Waals surface area contributed by atoms with Crippen molar-refractivity contribution in [2.24, 2.45) is 0 Å². The largest absolute Gasteiger partial charge is 0.310 e. The van der Waals surface area contributed by atoms with E-state index in [2.05, 4.69) is 24.3 Å². The third kappa shape index (κ3) is 2.18. The molecule has 1 aromatic rings. The van der Waals surface area contributed by atoms with Crippen molar-refractivity contribution in [3.63, 3.8) is 0 Å². The van der Waals surface area contributed by atoms with Crippen LogP contribution in [-0.2, 0) is 0 Å². The van der Waals surface area contributed by atoms with Gasteiger partial charge >= 0.3 is 0 Å². The molecular formula is C11H18ClN3. The molecule has 0 bridgehead atoms. The van der Waals surface area contributed by atoms with Crippen molar-refractivity contribution >= 4 is 11.6 Å². The van der Waals surface area contributed by atoms with Gasteiger partial charge in [0.25, 0.3) is 0 Å². The molecule has 0 aromatic carbocycles. The Morgan fingerprint density at radius 3 is 2.87 bits per heavy atom. The van der Waals surface area contributed by atoms with E-state index < -0.39 is 0 Å². The Bertz CT molecular complexity index is 327. The Balaban J connectivity index is 2.20. The summed E-state index contributed by atoms with van der Waals surface area (Å²) in [6.45, 7) is 5.28. The first-order valence-corrected chi connectivity index (χ1v) is 6.04. The topological polar surface area (TPSA) is 29.9 Å². The van der Waals surface area contributed by atoms with Gasteiger partial charge in [0.05, 0.1) is 6.20 Å². The summed E-state index contributed by atoms with van der Waals surface area (Å²) in [7, 11) is 0. The lowest BCUT2D eigenvalue weighted by molar-refractivity contribution is 0.411. The molecule has 1 fully saturated rings. The predicted octanol–water partition coefficient (Wildman–Crippen LogP) is 2.93. The number of hydrogen-bond donors (Lipinski definition) is 1. The standard InChI is InChI=1S/C11H18ClN3/c1-8(2)15-11(12)9(7-14-15)10-5-3-4-6-13-10/h7-8,10,13H,3-6H2,1-2H3. The van der Waals surface area contributed by atoms with Crippen LogP contribution < -0.4 is 5.32 Å². The predicted molar refractivity (Wildman–Crippen MR) is 62.2 cm³/mol. The lowest BCUT2D eigenvalue weighted by atomic mass is 10.0. The molecule has 0 radical (unpaired) electrons. The summed E-state index contributed by atoms with van der Waals surface area (Å²) < 4.78 is 1.88. The van der Waals surface area contributed by atoms with Gasteiger partial charge in [-0.2, -0.15) is 5.10 Å². The maximum absolute atomic E-state index is 6.31. The zero-order chi connectivity index (χ0) is 10.8. The van der Waals surface area contributed by atoms with Gasteiger partial charge in [-0.15, -0.1) is 0 Å². The van der Waals surface area contributed by atoms with Crippen LogP contribution in [0.2, 0.25) is 5.15 Å². The molecular weight excluding hydrogens is 210 g/mol. The van der Waals surface area contributed by atoms with E-state index in [1.807, 2.05) is 10.9 Å². The van der Waals surface area contributed by atoms with Gasteiger partial charge in [-0.1, -0.05) is 18.0 Å². The SMILES string of the molecule is CC(C)n1ncc(C2CCCCN2)c1Cl. The summed E-state index contributed by atoms with van der Waals surface area (Å²) in [5.74, 6) is 0. The van der Waals surface area contributed by atoms with Gasteiger partial charge in [-0.25, -0.2) is 0 Å². The average Bonchev–Trinajstić information content (AvgIpc) is 2.61. The zero-order valence-corrected chi connectivity index (χ0v) is 10.1. The molecule has 2 rings (SSSR count). The number of nitrogens with one attached hydrogen (secondary N) is 1. The number of hydrogen-bond acceptors (Lipinski definition) is 2. The van der Waals surface area contributed by atoms with E-state index in [1.165, 1.54) is 19.3 Å². The molecule has 0 amide bonds. The summed E-state index contributed by atoms with van der Waals surface area (Å²) in [5.41, 5.74) is 1.16. The third-order valence-electron chi connectivity index (χ3n) is 2.94. The average molecular weight is 228 g/mol. The monoisotopic (exact) mass is 227 g/mol. The number of nitrogens with zero attached hydrogens (tertiary/aromatic N) is 2. The van der Waals surface area contributed by atoms with Crippen LogP contribution in [0.3, 0.4) is 0 Å². The van der Waals surface area contributed by atoms with Crippen LogP contribution >= 0.6 is 11.6 Å². The number of piperidine rings is 1. The highest BCUT2D eigenvalue weighted by Crippen LogP contribution is 2.29. The second kappa shape index (κ2) is 4.54. The number of aromatic nitrogens is 2. The highest BCUT2D eigenvalue weighted by molar-refractivity contribution is 6.30. The molecule has 0 spiro atoms. The van der Waals surface area contributed by atoms with Gasteiger partial charge in [-0.3, -0.25) is 4.68 Å². The molecule has 15 heavy (non-hydrogen) atoms. The molecule has 1 N–H and O–H groups in total. The van der Waals surface area contributed by atoms with Gasteiger partial charge < -0.3 is 5.32 Å². The Morgan fingerprint density at radius 2 is 2.33 bits per heavy atom. The van der Waals surface area contributed by atoms with Crippen molar-refractivity contribution in [3.05, 3.63) is 16.9 Å². The smallest absolute Gasteiger partial charge is 0.132 e. The highest BCUT2D eigenvalue weighted by atomic mass is 35.5. The van der Waals surface area contributed by atoms with Crippen molar-refractivity contribution in [2.75, 3.05) is 6.54 Å². The first-order chi connectivity index (χ1) is 7.20.